The average molecular weight is 441 g/mol. The summed E-state index contributed by atoms with van der Waals surface area (Å²) in [5.41, 5.74) is 6.59. The molecule has 33 heavy (non-hydrogen) atoms. The van der Waals surface area contributed by atoms with Crippen molar-refractivity contribution in [3.63, 3.8) is 0 Å². The first-order chi connectivity index (χ1) is 16.1. The molecule has 5 rings (SSSR count). The van der Waals surface area contributed by atoms with Crippen LogP contribution < -0.4 is 26.8 Å². The molecule has 159 valence electrons. The summed E-state index contributed by atoms with van der Waals surface area (Å²) < 4.78 is 0. The van der Waals surface area contributed by atoms with Crippen molar-refractivity contribution < 1.29 is 0 Å². The summed E-state index contributed by atoms with van der Waals surface area (Å²) in [7, 11) is 1.71. The summed E-state index contributed by atoms with van der Waals surface area (Å²) in [6.07, 6.45) is 0. The molecule has 0 nitrogen and oxygen atoms in total. The number of rotatable bonds is 5. The second-order valence-electron chi connectivity index (χ2n) is 8.69. The van der Waals surface area contributed by atoms with Crippen molar-refractivity contribution in [2.45, 2.75) is 20.8 Å². The minimum Gasteiger partial charge on any atom is -0.0757 e. The van der Waals surface area contributed by atoms with Gasteiger partial charge in [0.1, 0.15) is 0 Å². The predicted octanol–water partition coefficient (Wildman–Crippen LogP) is 5.18. The quantitative estimate of drug-likeness (QED) is 0.261. The summed E-state index contributed by atoms with van der Waals surface area (Å²) >= 11 is 0. The van der Waals surface area contributed by atoms with Crippen LogP contribution >= 0.6 is 7.92 Å². The zero-order chi connectivity index (χ0) is 22.8. The Labute approximate surface area is 199 Å². The number of benzene rings is 5. The predicted molar refractivity (Wildman–Crippen MR) is 148 cm³/mol. The maximum Gasteiger partial charge on any atom is 0.192 e. The van der Waals surface area contributed by atoms with E-state index in [9.17, 15) is 0 Å². The Bertz CT molecular complexity index is 1340. The minimum absolute atomic E-state index is 0.677. The summed E-state index contributed by atoms with van der Waals surface area (Å²) in [4.78, 5) is 0. The van der Waals surface area contributed by atoms with Crippen LogP contribution in [-0.2, 0) is 0 Å². The maximum atomic E-state index is 2.39. The molecule has 0 saturated carbocycles. The minimum atomic E-state index is -0.677. The molecular weight excluding hydrogens is 414 g/mol. The SMILES string of the molecule is Cc1cc(C)c([B]c2cccc3cccc(P(c4ccccc4)c4ccccc4)c23)c(C)c1. The van der Waals surface area contributed by atoms with Gasteiger partial charge >= 0.3 is 0 Å². The molecule has 0 aliphatic rings. The smallest absolute Gasteiger partial charge is 0.0757 e. The zero-order valence-corrected chi connectivity index (χ0v) is 20.3. The Hall–Kier alpha value is -3.15. The van der Waals surface area contributed by atoms with Crippen LogP contribution in [0.5, 0.6) is 0 Å². The van der Waals surface area contributed by atoms with E-state index in [2.05, 4.69) is 137 Å². The number of fused-ring (bicyclic) bond motifs is 1. The van der Waals surface area contributed by atoms with E-state index in [1.807, 2.05) is 0 Å². The van der Waals surface area contributed by atoms with Gasteiger partial charge in [0.25, 0.3) is 0 Å². The molecule has 0 atom stereocenters. The van der Waals surface area contributed by atoms with Gasteiger partial charge in [0.15, 0.2) is 7.28 Å². The Morgan fingerprint density at radius 2 is 1.12 bits per heavy atom. The Morgan fingerprint density at radius 1 is 0.576 bits per heavy atom. The molecular formula is C31H27BP. The standard InChI is InChI=1S/C31H27BP/c1-22-20-23(2)31(24(3)21-22)32-28-18-10-12-25-13-11-19-29(30(25)28)33(26-14-6-4-7-15-26)27-16-8-5-9-17-27/h4-21H,1-3H3. The fourth-order valence-corrected chi connectivity index (χ4v) is 7.32. The topological polar surface area (TPSA) is 0 Å². The number of hydrogen-bond acceptors (Lipinski definition) is 0. The monoisotopic (exact) mass is 441 g/mol. The highest BCUT2D eigenvalue weighted by Gasteiger charge is 2.20. The first-order valence-electron chi connectivity index (χ1n) is 11.5. The lowest BCUT2D eigenvalue weighted by atomic mass is 9.59. The van der Waals surface area contributed by atoms with Crippen molar-refractivity contribution in [1.29, 1.82) is 0 Å². The zero-order valence-electron chi connectivity index (χ0n) is 19.4. The highest BCUT2D eigenvalue weighted by atomic mass is 31.1. The van der Waals surface area contributed by atoms with Crippen LogP contribution in [0.15, 0.2) is 109 Å². The third-order valence-corrected chi connectivity index (χ3v) is 8.71. The molecule has 0 aromatic heterocycles. The van der Waals surface area contributed by atoms with E-state index in [0.717, 1.165) is 0 Å². The van der Waals surface area contributed by atoms with Gasteiger partial charge in [-0.1, -0.05) is 137 Å². The first-order valence-corrected chi connectivity index (χ1v) is 12.8. The maximum absolute atomic E-state index is 2.39. The molecule has 0 fully saturated rings. The molecule has 5 aromatic rings. The van der Waals surface area contributed by atoms with Crippen molar-refractivity contribution >= 4 is 52.8 Å². The van der Waals surface area contributed by atoms with Gasteiger partial charge in [0.2, 0.25) is 0 Å². The second kappa shape index (κ2) is 9.38. The lowest BCUT2D eigenvalue weighted by molar-refractivity contribution is 1.35. The van der Waals surface area contributed by atoms with Gasteiger partial charge < -0.3 is 0 Å². The third kappa shape index (κ3) is 4.39. The largest absolute Gasteiger partial charge is 0.192 e. The van der Waals surface area contributed by atoms with Gasteiger partial charge in [0, 0.05) is 0 Å². The van der Waals surface area contributed by atoms with E-state index in [1.165, 1.54) is 54.3 Å². The van der Waals surface area contributed by atoms with Crippen LogP contribution in [0.1, 0.15) is 16.7 Å². The highest BCUT2D eigenvalue weighted by Crippen LogP contribution is 2.35. The van der Waals surface area contributed by atoms with E-state index in [4.69, 9.17) is 0 Å². The highest BCUT2D eigenvalue weighted by molar-refractivity contribution is 7.80. The van der Waals surface area contributed by atoms with Crippen LogP contribution in [-0.4, -0.2) is 7.28 Å². The number of hydrogen-bond donors (Lipinski definition) is 0. The van der Waals surface area contributed by atoms with Gasteiger partial charge in [-0.25, -0.2) is 0 Å². The normalized spacial score (nSPS) is 11.2. The van der Waals surface area contributed by atoms with E-state index in [-0.39, 0.29) is 0 Å². The van der Waals surface area contributed by atoms with Crippen molar-refractivity contribution in [3.05, 3.63) is 126 Å². The summed E-state index contributed by atoms with van der Waals surface area (Å²) in [5.74, 6) is 0. The Kier molecular flexibility index (Phi) is 6.16. The lowest BCUT2D eigenvalue weighted by Gasteiger charge is -2.23. The van der Waals surface area contributed by atoms with Gasteiger partial charge in [-0.15, -0.1) is 0 Å². The molecule has 1 radical (unpaired) electrons. The lowest BCUT2D eigenvalue weighted by Crippen LogP contribution is -2.34. The van der Waals surface area contributed by atoms with Crippen LogP contribution in [0, 0.1) is 20.8 Å². The molecule has 0 bridgehead atoms. The Morgan fingerprint density at radius 3 is 1.70 bits per heavy atom. The van der Waals surface area contributed by atoms with Crippen LogP contribution in [0.4, 0.5) is 0 Å². The van der Waals surface area contributed by atoms with Crippen molar-refractivity contribution in [2.75, 3.05) is 0 Å². The molecule has 0 aliphatic heterocycles. The Balaban J connectivity index is 1.74. The number of aryl methyl sites for hydroxylation is 3. The van der Waals surface area contributed by atoms with Gasteiger partial charge in [-0.2, -0.15) is 0 Å². The molecule has 0 N–H and O–H groups in total. The van der Waals surface area contributed by atoms with Gasteiger partial charge in [-0.05, 0) is 55.4 Å². The molecule has 5 aromatic carbocycles. The van der Waals surface area contributed by atoms with Crippen LogP contribution in [0.25, 0.3) is 10.8 Å². The van der Waals surface area contributed by atoms with E-state index >= 15 is 0 Å². The average Bonchev–Trinajstić information content (AvgIpc) is 2.83. The van der Waals surface area contributed by atoms with Gasteiger partial charge in [-0.3, -0.25) is 0 Å². The fourth-order valence-electron chi connectivity index (χ4n) is 4.81. The van der Waals surface area contributed by atoms with Crippen molar-refractivity contribution in [1.82, 2.24) is 0 Å². The second-order valence-corrected chi connectivity index (χ2v) is 10.9. The molecule has 0 spiro atoms. The summed E-state index contributed by atoms with van der Waals surface area (Å²) in [6.45, 7) is 6.62. The first kappa shape index (κ1) is 21.7. The van der Waals surface area contributed by atoms with E-state index in [1.54, 1.807) is 0 Å². The molecule has 0 saturated heterocycles. The third-order valence-electron chi connectivity index (χ3n) is 6.22. The molecule has 0 amide bonds. The molecule has 0 aliphatic carbocycles. The van der Waals surface area contributed by atoms with E-state index in [0.29, 0.717) is 0 Å². The molecule has 0 unspecified atom stereocenters. The molecule has 2 heteroatoms. The summed E-state index contributed by atoms with van der Waals surface area (Å²) in [6, 6.07) is 40.0. The van der Waals surface area contributed by atoms with E-state index < -0.39 is 7.92 Å². The van der Waals surface area contributed by atoms with Gasteiger partial charge in [0.05, 0.1) is 0 Å². The van der Waals surface area contributed by atoms with Crippen molar-refractivity contribution in [2.24, 2.45) is 0 Å². The molecule has 0 heterocycles. The van der Waals surface area contributed by atoms with Crippen molar-refractivity contribution in [3.8, 4) is 0 Å². The van der Waals surface area contributed by atoms with Crippen LogP contribution in [0.2, 0.25) is 0 Å². The summed E-state index contributed by atoms with van der Waals surface area (Å²) in [5, 5.41) is 6.82. The van der Waals surface area contributed by atoms with Crippen LogP contribution in [0.3, 0.4) is 0 Å². The fraction of sp³-hybridized carbons (Fsp3) is 0.0968.